The molecule has 0 saturated carbocycles. The van der Waals surface area contributed by atoms with Gasteiger partial charge in [0.2, 0.25) is 0 Å². The van der Waals surface area contributed by atoms with Crippen LogP contribution in [-0.2, 0) is 6.61 Å². The average Bonchev–Trinajstić information content (AvgIpc) is 2.40. The topological polar surface area (TPSA) is 52.4 Å². The van der Waals surface area contributed by atoms with Crippen molar-refractivity contribution in [3.05, 3.63) is 67.9 Å². The van der Waals surface area contributed by atoms with Crippen molar-refractivity contribution in [2.75, 3.05) is 0 Å². The smallest absolute Gasteiger partial charge is 0.311 e. The molecule has 0 bridgehead atoms. The van der Waals surface area contributed by atoms with Gasteiger partial charge in [0.15, 0.2) is 5.75 Å². The SMILES string of the molecule is O=[N+]([O-])c1ccc(Cl)cc1OCc1ccc(F)c(Cl)c1. The van der Waals surface area contributed by atoms with Crippen LogP contribution in [0.1, 0.15) is 5.56 Å². The predicted octanol–water partition coefficient (Wildman–Crippen LogP) is 4.62. The molecule has 0 N–H and O–H groups in total. The highest BCUT2D eigenvalue weighted by Crippen LogP contribution is 2.30. The molecule has 0 aliphatic carbocycles. The lowest BCUT2D eigenvalue weighted by Crippen LogP contribution is -1.99. The number of ether oxygens (including phenoxy) is 1. The van der Waals surface area contributed by atoms with E-state index in [1.165, 1.54) is 36.4 Å². The Labute approximate surface area is 123 Å². The summed E-state index contributed by atoms with van der Waals surface area (Å²) in [5.41, 5.74) is 0.397. The van der Waals surface area contributed by atoms with Crippen LogP contribution in [0.2, 0.25) is 10.0 Å². The van der Waals surface area contributed by atoms with E-state index in [4.69, 9.17) is 27.9 Å². The van der Waals surface area contributed by atoms with Crippen LogP contribution in [0.5, 0.6) is 5.75 Å². The first-order valence-electron chi connectivity index (χ1n) is 5.48. The Hall–Kier alpha value is -1.85. The van der Waals surface area contributed by atoms with Crippen molar-refractivity contribution < 1.29 is 14.1 Å². The Kier molecular flexibility index (Phi) is 4.42. The summed E-state index contributed by atoms with van der Waals surface area (Å²) in [6.07, 6.45) is 0. The van der Waals surface area contributed by atoms with Crippen molar-refractivity contribution in [2.24, 2.45) is 0 Å². The summed E-state index contributed by atoms with van der Waals surface area (Å²) in [5.74, 6) is -0.493. The summed E-state index contributed by atoms with van der Waals surface area (Å²) in [6, 6.07) is 8.10. The van der Waals surface area contributed by atoms with Crippen molar-refractivity contribution in [2.45, 2.75) is 6.61 Å². The lowest BCUT2D eigenvalue weighted by atomic mass is 10.2. The van der Waals surface area contributed by atoms with Crippen molar-refractivity contribution in [1.82, 2.24) is 0 Å². The molecule has 0 amide bonds. The Morgan fingerprint density at radius 1 is 1.20 bits per heavy atom. The molecule has 0 saturated heterocycles. The van der Waals surface area contributed by atoms with Gasteiger partial charge in [0.25, 0.3) is 0 Å². The predicted molar refractivity (Wildman–Crippen MR) is 73.8 cm³/mol. The molecule has 0 spiro atoms. The van der Waals surface area contributed by atoms with Crippen molar-refractivity contribution in [3.8, 4) is 5.75 Å². The third-order valence-electron chi connectivity index (χ3n) is 2.50. The minimum Gasteiger partial charge on any atom is -0.482 e. The van der Waals surface area contributed by atoms with E-state index >= 15 is 0 Å². The molecular formula is C13H8Cl2FNO3. The van der Waals surface area contributed by atoms with Gasteiger partial charge in [-0.3, -0.25) is 10.1 Å². The monoisotopic (exact) mass is 315 g/mol. The van der Waals surface area contributed by atoms with Gasteiger partial charge in [-0.05, 0) is 23.8 Å². The first kappa shape index (κ1) is 14.6. The molecule has 7 heteroatoms. The molecule has 0 atom stereocenters. The molecule has 0 aliphatic rings. The molecule has 104 valence electrons. The molecular weight excluding hydrogens is 308 g/mol. The van der Waals surface area contributed by atoms with Gasteiger partial charge in [0.05, 0.1) is 9.95 Å². The van der Waals surface area contributed by atoms with Crippen LogP contribution >= 0.6 is 23.2 Å². The zero-order valence-electron chi connectivity index (χ0n) is 9.98. The van der Waals surface area contributed by atoms with Crippen LogP contribution < -0.4 is 4.74 Å². The quantitative estimate of drug-likeness (QED) is 0.611. The second-order valence-corrected chi connectivity index (χ2v) is 4.75. The summed E-state index contributed by atoms with van der Waals surface area (Å²) >= 11 is 11.4. The maximum Gasteiger partial charge on any atom is 0.311 e. The number of nitro groups is 1. The molecule has 0 aromatic heterocycles. The summed E-state index contributed by atoms with van der Waals surface area (Å²) in [5, 5.41) is 11.1. The molecule has 2 rings (SSSR count). The number of nitro benzene ring substituents is 1. The highest BCUT2D eigenvalue weighted by Gasteiger charge is 2.15. The van der Waals surface area contributed by atoms with Crippen LogP contribution in [0.4, 0.5) is 10.1 Å². The normalized spacial score (nSPS) is 10.3. The number of nitrogens with zero attached hydrogens (tertiary/aromatic N) is 1. The van der Waals surface area contributed by atoms with Crippen molar-refractivity contribution in [1.29, 1.82) is 0 Å². The van der Waals surface area contributed by atoms with Gasteiger partial charge in [-0.25, -0.2) is 4.39 Å². The van der Waals surface area contributed by atoms with E-state index in [1.807, 2.05) is 0 Å². The summed E-state index contributed by atoms with van der Waals surface area (Å²) < 4.78 is 18.4. The standard InChI is InChI=1S/C13H8Cl2FNO3/c14-9-2-4-12(17(18)19)13(6-9)20-7-8-1-3-11(16)10(15)5-8/h1-6H,7H2. The highest BCUT2D eigenvalue weighted by molar-refractivity contribution is 6.31. The summed E-state index contributed by atoms with van der Waals surface area (Å²) in [4.78, 5) is 10.3. The minimum atomic E-state index is -0.566. The van der Waals surface area contributed by atoms with Gasteiger partial charge in [0.1, 0.15) is 12.4 Å². The Bertz CT molecular complexity index is 664. The fourth-order valence-electron chi connectivity index (χ4n) is 1.54. The molecule has 2 aromatic carbocycles. The minimum absolute atomic E-state index is 0.0151. The highest BCUT2D eigenvalue weighted by atomic mass is 35.5. The van der Waals surface area contributed by atoms with Crippen molar-refractivity contribution >= 4 is 28.9 Å². The maximum absolute atomic E-state index is 13.0. The van der Waals surface area contributed by atoms with Crippen LogP contribution in [-0.4, -0.2) is 4.92 Å². The van der Waals surface area contributed by atoms with Gasteiger partial charge in [0, 0.05) is 17.2 Å². The van der Waals surface area contributed by atoms with Crippen LogP contribution in [0.3, 0.4) is 0 Å². The second-order valence-electron chi connectivity index (χ2n) is 3.91. The molecule has 0 aliphatic heterocycles. The van der Waals surface area contributed by atoms with Crippen LogP contribution in [0, 0.1) is 15.9 Å². The maximum atomic E-state index is 13.0. The average molecular weight is 316 g/mol. The van der Waals surface area contributed by atoms with E-state index in [-0.39, 0.29) is 23.1 Å². The molecule has 0 heterocycles. The van der Waals surface area contributed by atoms with Gasteiger partial charge in [-0.15, -0.1) is 0 Å². The van der Waals surface area contributed by atoms with Gasteiger partial charge < -0.3 is 4.74 Å². The van der Waals surface area contributed by atoms with Crippen LogP contribution in [0.25, 0.3) is 0 Å². The van der Waals surface area contributed by atoms with E-state index in [1.54, 1.807) is 0 Å². The molecule has 2 aromatic rings. The lowest BCUT2D eigenvalue weighted by Gasteiger charge is -2.07. The zero-order chi connectivity index (χ0) is 14.7. The fourth-order valence-corrected chi connectivity index (χ4v) is 1.91. The number of benzene rings is 2. The number of halogens is 3. The van der Waals surface area contributed by atoms with Gasteiger partial charge in [-0.2, -0.15) is 0 Å². The largest absolute Gasteiger partial charge is 0.482 e. The number of rotatable bonds is 4. The van der Waals surface area contributed by atoms with Crippen molar-refractivity contribution in [3.63, 3.8) is 0 Å². The first-order chi connectivity index (χ1) is 9.47. The Morgan fingerprint density at radius 2 is 1.95 bits per heavy atom. The Morgan fingerprint density at radius 3 is 2.60 bits per heavy atom. The first-order valence-corrected chi connectivity index (χ1v) is 6.23. The Balaban J connectivity index is 2.20. The van der Waals surface area contributed by atoms with E-state index < -0.39 is 10.7 Å². The molecule has 0 radical (unpaired) electrons. The third kappa shape index (κ3) is 3.37. The molecule has 0 unspecified atom stereocenters. The van der Waals surface area contributed by atoms with Crippen LogP contribution in [0.15, 0.2) is 36.4 Å². The zero-order valence-corrected chi connectivity index (χ0v) is 11.5. The summed E-state index contributed by atoms with van der Waals surface area (Å²) in [7, 11) is 0. The fraction of sp³-hybridized carbons (Fsp3) is 0.0769. The second kappa shape index (κ2) is 6.07. The molecule has 4 nitrogen and oxygen atoms in total. The number of hydrogen-bond donors (Lipinski definition) is 0. The van der Waals surface area contributed by atoms with Gasteiger partial charge in [-0.1, -0.05) is 29.3 Å². The molecule has 20 heavy (non-hydrogen) atoms. The van der Waals surface area contributed by atoms with E-state index in [0.29, 0.717) is 10.6 Å². The van der Waals surface area contributed by atoms with E-state index in [0.717, 1.165) is 0 Å². The number of hydrogen-bond acceptors (Lipinski definition) is 3. The molecule has 0 fully saturated rings. The lowest BCUT2D eigenvalue weighted by molar-refractivity contribution is -0.385. The third-order valence-corrected chi connectivity index (χ3v) is 3.02. The van der Waals surface area contributed by atoms with E-state index in [9.17, 15) is 14.5 Å². The van der Waals surface area contributed by atoms with E-state index in [2.05, 4.69) is 0 Å². The van der Waals surface area contributed by atoms with Gasteiger partial charge >= 0.3 is 5.69 Å². The summed E-state index contributed by atoms with van der Waals surface area (Å²) in [6.45, 7) is 0.0151.